The molecule has 3 nitrogen and oxygen atoms in total. The van der Waals surface area contributed by atoms with Crippen molar-refractivity contribution in [3.63, 3.8) is 0 Å². The fourth-order valence-corrected chi connectivity index (χ4v) is 3.65. The Hall–Kier alpha value is -0.870. The van der Waals surface area contributed by atoms with Crippen LogP contribution in [0.15, 0.2) is 12.4 Å². The Kier molecular flexibility index (Phi) is 3.39. The summed E-state index contributed by atoms with van der Waals surface area (Å²) in [6.07, 6.45) is 3.91. The molecule has 0 amide bonds. The highest BCUT2D eigenvalue weighted by atomic mass is 35.5. The summed E-state index contributed by atoms with van der Waals surface area (Å²) in [6.45, 7) is 4.25. The Morgan fingerprint density at radius 1 is 1.50 bits per heavy atom. The summed E-state index contributed by atoms with van der Waals surface area (Å²) >= 11 is 7.72. The molecular weight excluding hydrogens is 266 g/mol. The van der Waals surface area contributed by atoms with Gasteiger partial charge in [0, 0.05) is 23.8 Å². The van der Waals surface area contributed by atoms with Gasteiger partial charge in [0.2, 0.25) is 0 Å². The summed E-state index contributed by atoms with van der Waals surface area (Å²) < 4.78 is 0. The van der Waals surface area contributed by atoms with Gasteiger partial charge in [-0.2, -0.15) is 0 Å². The molecule has 0 bridgehead atoms. The largest absolute Gasteiger partial charge is 0.356 e. The molecule has 1 aliphatic rings. The molecule has 0 aliphatic carbocycles. The van der Waals surface area contributed by atoms with Gasteiger partial charge in [0.1, 0.15) is 17.0 Å². The Labute approximate surface area is 116 Å². The third-order valence-corrected chi connectivity index (χ3v) is 5.14. The van der Waals surface area contributed by atoms with Gasteiger partial charge < -0.3 is 4.90 Å². The van der Waals surface area contributed by atoms with Crippen molar-refractivity contribution in [2.75, 3.05) is 23.9 Å². The molecule has 1 atom stereocenters. The molecule has 0 radical (unpaired) electrons. The standard InChI is InChI=1S/C13H16ClN3S/c1-2-10-5-11-12(15-8-16-13(11)18-10)17-4-3-9(6-14)7-17/h5,8-9H,2-4,6-7H2,1H3. The number of anilines is 1. The molecule has 1 fully saturated rings. The van der Waals surface area contributed by atoms with E-state index in [4.69, 9.17) is 11.6 Å². The van der Waals surface area contributed by atoms with Crippen LogP contribution in [-0.2, 0) is 6.42 Å². The molecule has 2 aromatic rings. The molecule has 1 unspecified atom stereocenters. The lowest BCUT2D eigenvalue weighted by Gasteiger charge is -2.17. The van der Waals surface area contributed by atoms with Crippen molar-refractivity contribution in [3.05, 3.63) is 17.3 Å². The maximum Gasteiger partial charge on any atom is 0.140 e. The van der Waals surface area contributed by atoms with Crippen LogP contribution in [0, 0.1) is 5.92 Å². The van der Waals surface area contributed by atoms with E-state index in [2.05, 4.69) is 27.9 Å². The maximum absolute atomic E-state index is 5.95. The predicted molar refractivity (Wildman–Crippen MR) is 77.8 cm³/mol. The van der Waals surface area contributed by atoms with Crippen molar-refractivity contribution < 1.29 is 0 Å². The van der Waals surface area contributed by atoms with Crippen LogP contribution in [0.4, 0.5) is 5.82 Å². The van der Waals surface area contributed by atoms with Gasteiger partial charge in [-0.25, -0.2) is 9.97 Å². The minimum Gasteiger partial charge on any atom is -0.356 e. The van der Waals surface area contributed by atoms with Crippen LogP contribution >= 0.6 is 22.9 Å². The monoisotopic (exact) mass is 281 g/mol. The Morgan fingerprint density at radius 3 is 3.11 bits per heavy atom. The summed E-state index contributed by atoms with van der Waals surface area (Å²) in [5.41, 5.74) is 0. The molecule has 0 N–H and O–H groups in total. The minimum atomic E-state index is 0.598. The average Bonchev–Trinajstić information content (AvgIpc) is 3.04. The fourth-order valence-electron chi connectivity index (χ4n) is 2.47. The summed E-state index contributed by atoms with van der Waals surface area (Å²) in [4.78, 5) is 13.7. The molecule has 0 saturated carbocycles. The van der Waals surface area contributed by atoms with Gasteiger partial charge in [-0.15, -0.1) is 22.9 Å². The van der Waals surface area contributed by atoms with Crippen molar-refractivity contribution in [3.8, 4) is 0 Å². The van der Waals surface area contributed by atoms with E-state index in [1.807, 2.05) is 0 Å². The zero-order valence-electron chi connectivity index (χ0n) is 10.4. The quantitative estimate of drug-likeness (QED) is 0.808. The van der Waals surface area contributed by atoms with Crippen LogP contribution < -0.4 is 4.90 Å². The molecule has 0 spiro atoms. The number of hydrogen-bond acceptors (Lipinski definition) is 4. The SMILES string of the molecule is CCc1cc2c(N3CCC(CCl)C3)ncnc2s1. The molecule has 2 aromatic heterocycles. The second kappa shape index (κ2) is 5.02. The van der Waals surface area contributed by atoms with Gasteiger partial charge in [0.05, 0.1) is 5.39 Å². The van der Waals surface area contributed by atoms with Gasteiger partial charge >= 0.3 is 0 Å². The van der Waals surface area contributed by atoms with E-state index in [1.54, 1.807) is 17.7 Å². The molecule has 5 heteroatoms. The predicted octanol–water partition coefficient (Wildman–Crippen LogP) is 3.32. The van der Waals surface area contributed by atoms with Gasteiger partial charge in [0.25, 0.3) is 0 Å². The van der Waals surface area contributed by atoms with Crippen LogP contribution in [0.3, 0.4) is 0 Å². The molecule has 1 aliphatic heterocycles. The van der Waals surface area contributed by atoms with Crippen LogP contribution in [0.25, 0.3) is 10.2 Å². The van der Waals surface area contributed by atoms with Crippen LogP contribution in [0.5, 0.6) is 0 Å². The lowest BCUT2D eigenvalue weighted by atomic mass is 10.2. The van der Waals surface area contributed by atoms with Crippen molar-refractivity contribution >= 4 is 39.0 Å². The molecular formula is C13H16ClN3S. The Morgan fingerprint density at radius 2 is 2.39 bits per heavy atom. The molecule has 3 heterocycles. The highest BCUT2D eigenvalue weighted by molar-refractivity contribution is 7.18. The van der Waals surface area contributed by atoms with E-state index in [0.717, 1.165) is 36.0 Å². The summed E-state index contributed by atoms with van der Waals surface area (Å²) in [5, 5.41) is 1.20. The number of aromatic nitrogens is 2. The van der Waals surface area contributed by atoms with Gasteiger partial charge in [0.15, 0.2) is 0 Å². The second-order valence-electron chi connectivity index (χ2n) is 4.74. The number of fused-ring (bicyclic) bond motifs is 1. The number of alkyl halides is 1. The van der Waals surface area contributed by atoms with E-state index in [1.165, 1.54) is 16.7 Å². The van der Waals surface area contributed by atoms with Gasteiger partial charge in [-0.1, -0.05) is 6.92 Å². The summed E-state index contributed by atoms with van der Waals surface area (Å²) in [5.74, 6) is 2.43. The van der Waals surface area contributed by atoms with Crippen molar-refractivity contribution in [1.29, 1.82) is 0 Å². The van der Waals surface area contributed by atoms with Gasteiger partial charge in [-0.3, -0.25) is 0 Å². The van der Waals surface area contributed by atoms with E-state index in [9.17, 15) is 0 Å². The molecule has 0 aromatic carbocycles. The maximum atomic E-state index is 5.95. The number of nitrogens with zero attached hydrogens (tertiary/aromatic N) is 3. The minimum absolute atomic E-state index is 0.598. The number of aryl methyl sites for hydroxylation is 1. The third kappa shape index (κ3) is 2.08. The first kappa shape index (κ1) is 12.2. The van der Waals surface area contributed by atoms with E-state index in [-0.39, 0.29) is 0 Å². The lowest BCUT2D eigenvalue weighted by molar-refractivity contribution is 0.666. The number of rotatable bonds is 3. The zero-order valence-corrected chi connectivity index (χ0v) is 12.0. The first-order valence-electron chi connectivity index (χ1n) is 6.36. The molecule has 3 rings (SSSR count). The van der Waals surface area contributed by atoms with E-state index >= 15 is 0 Å². The molecule has 96 valence electrons. The highest BCUT2D eigenvalue weighted by Crippen LogP contribution is 2.33. The molecule has 1 saturated heterocycles. The van der Waals surface area contributed by atoms with Gasteiger partial charge in [-0.05, 0) is 24.8 Å². The first-order chi connectivity index (χ1) is 8.81. The van der Waals surface area contributed by atoms with Crippen LogP contribution in [0.1, 0.15) is 18.2 Å². The first-order valence-corrected chi connectivity index (χ1v) is 7.71. The number of hydrogen-bond donors (Lipinski definition) is 0. The fraction of sp³-hybridized carbons (Fsp3) is 0.538. The van der Waals surface area contributed by atoms with E-state index in [0.29, 0.717) is 5.92 Å². The average molecular weight is 282 g/mol. The smallest absolute Gasteiger partial charge is 0.140 e. The van der Waals surface area contributed by atoms with Crippen molar-refractivity contribution in [1.82, 2.24) is 9.97 Å². The number of halogens is 1. The normalized spacial score (nSPS) is 19.9. The highest BCUT2D eigenvalue weighted by Gasteiger charge is 2.24. The summed E-state index contributed by atoms with van der Waals surface area (Å²) in [7, 11) is 0. The van der Waals surface area contributed by atoms with Crippen LogP contribution in [-0.4, -0.2) is 28.9 Å². The zero-order chi connectivity index (χ0) is 12.5. The number of thiophene rings is 1. The van der Waals surface area contributed by atoms with E-state index < -0.39 is 0 Å². The Balaban J connectivity index is 1.98. The topological polar surface area (TPSA) is 29.0 Å². The Bertz CT molecular complexity index is 554. The second-order valence-corrected chi connectivity index (χ2v) is 6.16. The lowest BCUT2D eigenvalue weighted by Crippen LogP contribution is -2.21. The molecule has 18 heavy (non-hydrogen) atoms. The van der Waals surface area contributed by atoms with Crippen molar-refractivity contribution in [2.45, 2.75) is 19.8 Å². The third-order valence-electron chi connectivity index (χ3n) is 3.51. The van der Waals surface area contributed by atoms with Crippen LogP contribution in [0.2, 0.25) is 0 Å². The summed E-state index contributed by atoms with van der Waals surface area (Å²) in [6, 6.07) is 2.24. The van der Waals surface area contributed by atoms with Crippen molar-refractivity contribution in [2.24, 2.45) is 5.92 Å².